The Morgan fingerprint density at radius 3 is 2.72 bits per heavy atom. The van der Waals surface area contributed by atoms with Crippen LogP contribution < -0.4 is 10.8 Å². The largest absolute Gasteiger partial charge is 0.464 e. The molecule has 5 atom stereocenters. The molecule has 6 N–H and O–H groups in total. The molecule has 2 aromatic rings. The van der Waals surface area contributed by atoms with Gasteiger partial charge in [0.25, 0.3) is 0 Å². The third-order valence-corrected chi connectivity index (χ3v) is 7.35. The highest BCUT2D eigenvalue weighted by Crippen LogP contribution is 2.43. The Labute approximate surface area is 209 Å². The molecule has 1 aliphatic heterocycles. The van der Waals surface area contributed by atoms with Gasteiger partial charge in [-0.25, -0.2) is 19.6 Å². The number of aliphatic hydroxyl groups is 2. The number of nitrogen functional groups attached to an aromatic ring is 1. The van der Waals surface area contributed by atoms with Gasteiger partial charge in [-0.15, -0.1) is 0 Å². The van der Waals surface area contributed by atoms with Crippen LogP contribution in [0.25, 0.3) is 11.0 Å². The number of anilines is 1. The summed E-state index contributed by atoms with van der Waals surface area (Å²) in [5.74, 6) is -0.255. The fraction of sp³-hybridized carbons (Fsp3) is 0.682. The Bertz CT molecular complexity index is 1070. The van der Waals surface area contributed by atoms with Crippen molar-refractivity contribution in [1.29, 1.82) is 0 Å². The zero-order chi connectivity index (χ0) is 26.5. The summed E-state index contributed by atoms with van der Waals surface area (Å²) < 4.78 is 30.0. The van der Waals surface area contributed by atoms with Gasteiger partial charge < -0.3 is 34.9 Å². The van der Waals surface area contributed by atoms with E-state index in [0.717, 1.165) is 25.7 Å². The number of carbonyl (C=O) groups excluding carboxylic acids is 1. The number of nitrogens with two attached hydrogens (primary N) is 1. The van der Waals surface area contributed by atoms with Gasteiger partial charge in [0.2, 0.25) is 0 Å². The van der Waals surface area contributed by atoms with Crippen LogP contribution in [0.5, 0.6) is 0 Å². The molecule has 0 bridgehead atoms. The molecule has 0 aromatic carbocycles. The van der Waals surface area contributed by atoms with Crippen molar-refractivity contribution in [2.24, 2.45) is 5.92 Å². The van der Waals surface area contributed by atoms with Crippen molar-refractivity contribution in [1.82, 2.24) is 19.6 Å². The molecule has 0 aliphatic carbocycles. The normalized spacial score (nSPS) is 25.9. The highest BCUT2D eigenvalue weighted by atomic mass is 31.2. The van der Waals surface area contributed by atoms with E-state index in [1.165, 1.54) is 17.8 Å². The predicted octanol–water partition coefficient (Wildman–Crippen LogP) is 1.49. The van der Waals surface area contributed by atoms with Gasteiger partial charge in [-0.1, -0.05) is 26.7 Å². The highest BCUT2D eigenvalue weighted by molar-refractivity contribution is 7.50. The maximum Gasteiger partial charge on any atom is 0.403 e. The molecule has 1 aliphatic rings. The molecule has 13 nitrogen and oxygen atoms in total. The number of carbonyl (C=O) groups is 1. The number of hydrogen-bond donors (Lipinski definition) is 5. The number of aliphatic hydroxyl groups excluding tert-OH is 1. The number of rotatable bonds is 13. The van der Waals surface area contributed by atoms with Crippen LogP contribution in [0.4, 0.5) is 5.82 Å². The predicted molar refractivity (Wildman–Crippen MR) is 131 cm³/mol. The first-order chi connectivity index (χ1) is 17.0. The number of hydrogen-bond acceptors (Lipinski definition) is 10. The van der Waals surface area contributed by atoms with Crippen LogP contribution in [0.2, 0.25) is 0 Å². The van der Waals surface area contributed by atoms with Gasteiger partial charge in [0.1, 0.15) is 42.2 Å². The molecule has 1 saturated heterocycles. The lowest BCUT2D eigenvalue weighted by Crippen LogP contribution is -2.44. The molecular weight excluding hydrogens is 493 g/mol. The third kappa shape index (κ3) is 6.41. The first-order valence-corrected chi connectivity index (χ1v) is 13.6. The molecule has 0 spiro atoms. The van der Waals surface area contributed by atoms with Crippen LogP contribution >= 0.6 is 7.75 Å². The van der Waals surface area contributed by atoms with E-state index in [1.807, 2.05) is 13.8 Å². The maximum atomic E-state index is 12.4. The lowest BCUT2D eigenvalue weighted by Gasteiger charge is -2.27. The number of esters is 1. The Morgan fingerprint density at radius 1 is 1.36 bits per heavy atom. The minimum atomic E-state index is -4.31. The van der Waals surface area contributed by atoms with E-state index in [0.29, 0.717) is 11.0 Å². The van der Waals surface area contributed by atoms with Gasteiger partial charge in [0, 0.05) is 12.7 Å². The van der Waals surface area contributed by atoms with E-state index >= 15 is 0 Å². The quantitative estimate of drug-likeness (QED) is 0.143. The standard InChI is InChI=1S/C22H36N5O8P/c1-4-6-14(7-5-2)20(29)33-11-9-26-36(31,32)34-12-16-17(28)22(3,30)21(35-16)27-10-8-15-18(23)24-13-25-19(15)27/h8,10,13-14,16-17,21,28,30H,4-7,9,11-12H2,1-3H3,(H2,23,24,25)(H2,26,31,32)/t16-,17-,21-,22-/m1/s1. The smallest absolute Gasteiger partial charge is 0.403 e. The van der Waals surface area contributed by atoms with Crippen LogP contribution in [-0.4, -0.2) is 73.2 Å². The summed E-state index contributed by atoms with van der Waals surface area (Å²) in [7, 11) is -4.31. The van der Waals surface area contributed by atoms with Crippen LogP contribution in [0.3, 0.4) is 0 Å². The first kappa shape index (κ1) is 28.5. The Hall–Kier alpha value is -2.12. The van der Waals surface area contributed by atoms with E-state index in [-0.39, 0.29) is 30.9 Å². The summed E-state index contributed by atoms with van der Waals surface area (Å²) in [4.78, 5) is 30.4. The molecule has 3 rings (SSSR count). The van der Waals surface area contributed by atoms with Crippen molar-refractivity contribution in [3.63, 3.8) is 0 Å². The molecular formula is C22H36N5O8P. The van der Waals surface area contributed by atoms with E-state index in [9.17, 15) is 24.5 Å². The van der Waals surface area contributed by atoms with Gasteiger partial charge in [0.05, 0.1) is 17.9 Å². The molecule has 1 fully saturated rings. The lowest BCUT2D eigenvalue weighted by atomic mass is 9.96. The van der Waals surface area contributed by atoms with Crippen molar-refractivity contribution in [3.8, 4) is 0 Å². The Kier molecular flexibility index (Phi) is 9.44. The van der Waals surface area contributed by atoms with Gasteiger partial charge in [-0.3, -0.25) is 9.32 Å². The fourth-order valence-electron chi connectivity index (χ4n) is 4.31. The second-order valence-electron chi connectivity index (χ2n) is 9.08. The van der Waals surface area contributed by atoms with E-state index < -0.39 is 38.4 Å². The molecule has 1 unspecified atom stereocenters. The fourth-order valence-corrected chi connectivity index (χ4v) is 5.13. The minimum Gasteiger partial charge on any atom is -0.464 e. The summed E-state index contributed by atoms with van der Waals surface area (Å²) in [5.41, 5.74) is 4.49. The topological polar surface area (TPSA) is 191 Å². The zero-order valence-electron chi connectivity index (χ0n) is 20.7. The summed E-state index contributed by atoms with van der Waals surface area (Å²) in [6.45, 7) is 4.69. The van der Waals surface area contributed by atoms with Gasteiger partial charge in [-0.05, 0) is 25.8 Å². The lowest BCUT2D eigenvalue weighted by molar-refractivity contribution is -0.148. The number of ether oxygens (including phenoxy) is 2. The molecule has 14 heteroatoms. The molecule has 36 heavy (non-hydrogen) atoms. The highest BCUT2D eigenvalue weighted by Gasteiger charge is 2.53. The van der Waals surface area contributed by atoms with Crippen LogP contribution in [-0.2, 0) is 23.4 Å². The number of nitrogens with zero attached hydrogens (tertiary/aromatic N) is 3. The van der Waals surface area contributed by atoms with Gasteiger partial charge in [0.15, 0.2) is 6.23 Å². The van der Waals surface area contributed by atoms with Crippen molar-refractivity contribution < 1.29 is 38.5 Å². The second-order valence-corrected chi connectivity index (χ2v) is 10.7. The van der Waals surface area contributed by atoms with Crippen LogP contribution in [0.1, 0.15) is 52.7 Å². The van der Waals surface area contributed by atoms with Gasteiger partial charge in [-0.2, -0.15) is 0 Å². The van der Waals surface area contributed by atoms with E-state index in [4.69, 9.17) is 19.7 Å². The monoisotopic (exact) mass is 529 g/mol. The average molecular weight is 530 g/mol. The third-order valence-electron chi connectivity index (χ3n) is 6.23. The number of aromatic nitrogens is 3. The summed E-state index contributed by atoms with van der Waals surface area (Å²) in [6, 6.07) is 1.66. The van der Waals surface area contributed by atoms with Crippen molar-refractivity contribution >= 4 is 30.6 Å². The van der Waals surface area contributed by atoms with Crippen LogP contribution in [0, 0.1) is 5.92 Å². The molecule has 0 amide bonds. The maximum absolute atomic E-state index is 12.4. The number of fused-ring (bicyclic) bond motifs is 1. The molecule has 2 aromatic heterocycles. The second kappa shape index (κ2) is 12.0. The van der Waals surface area contributed by atoms with Crippen molar-refractivity contribution in [3.05, 3.63) is 18.6 Å². The minimum absolute atomic E-state index is 0.0955. The zero-order valence-corrected chi connectivity index (χ0v) is 21.6. The molecule has 0 radical (unpaired) electrons. The summed E-state index contributed by atoms with van der Waals surface area (Å²) in [6.07, 6.45) is 2.43. The molecule has 3 heterocycles. The Morgan fingerprint density at radius 2 is 2.06 bits per heavy atom. The summed E-state index contributed by atoms with van der Waals surface area (Å²) in [5, 5.41) is 24.5. The summed E-state index contributed by atoms with van der Waals surface area (Å²) >= 11 is 0. The van der Waals surface area contributed by atoms with E-state index in [2.05, 4.69) is 15.1 Å². The van der Waals surface area contributed by atoms with Crippen LogP contribution in [0.15, 0.2) is 18.6 Å². The Balaban J connectivity index is 1.53. The first-order valence-electron chi connectivity index (χ1n) is 12.0. The average Bonchev–Trinajstić information content (AvgIpc) is 3.35. The van der Waals surface area contributed by atoms with Crippen molar-refractivity contribution in [2.45, 2.75) is 70.5 Å². The molecule has 0 saturated carbocycles. The number of nitrogens with one attached hydrogen (secondary N) is 1. The van der Waals surface area contributed by atoms with E-state index in [1.54, 1.807) is 12.3 Å². The van der Waals surface area contributed by atoms with Gasteiger partial charge >= 0.3 is 13.7 Å². The molecule has 202 valence electrons. The SMILES string of the molecule is CCCC(CCC)C(=O)OCCNP(=O)(O)OC[C@H]1O[C@@H](n2ccc3c(N)ncnc32)[C@](C)(O)[C@@H]1O. The van der Waals surface area contributed by atoms with Crippen molar-refractivity contribution in [2.75, 3.05) is 25.5 Å².